The number of ether oxygens (including phenoxy) is 1. The van der Waals surface area contributed by atoms with Crippen LogP contribution in [0.2, 0.25) is 0 Å². The molecule has 1 aliphatic carbocycles. The van der Waals surface area contributed by atoms with Crippen LogP contribution in [0.3, 0.4) is 0 Å². The minimum absolute atomic E-state index is 0.00157. The molecular weight excluding hydrogens is 416 g/mol. The monoisotopic (exact) mass is 437 g/mol. The van der Waals surface area contributed by atoms with Crippen LogP contribution in [-0.2, 0) is 4.74 Å². The Bertz CT molecular complexity index is 1310. The number of oxazole rings is 1. The summed E-state index contributed by atoms with van der Waals surface area (Å²) in [5.41, 5.74) is 2.16. The quantitative estimate of drug-likeness (QED) is 0.445. The molecule has 0 amide bonds. The van der Waals surface area contributed by atoms with Crippen LogP contribution in [-0.4, -0.2) is 31.3 Å². The largest absolute Gasteiger partial charge is 0.437 e. The van der Waals surface area contributed by atoms with Crippen molar-refractivity contribution in [1.82, 2.24) is 24.7 Å². The van der Waals surface area contributed by atoms with Gasteiger partial charge in [0.2, 0.25) is 5.65 Å². The smallest absolute Gasteiger partial charge is 0.202 e. The van der Waals surface area contributed by atoms with Crippen molar-refractivity contribution in [3.05, 3.63) is 59.5 Å². The molecule has 6 rings (SSSR count). The van der Waals surface area contributed by atoms with Gasteiger partial charge in [-0.15, -0.1) is 0 Å². The van der Waals surface area contributed by atoms with Gasteiger partial charge in [0.25, 0.3) is 0 Å². The SMILES string of the molecule is Cc1nc2nc(C3CCO[C@@H](c4cnn(C5CC5)c4)C3)nc(-c3ccc(F)cc3F)c2o1. The highest BCUT2D eigenvalue weighted by Gasteiger charge is 2.31. The third-order valence-corrected chi connectivity index (χ3v) is 6.13. The molecule has 1 unspecified atom stereocenters. The number of fused-ring (bicyclic) bond motifs is 1. The molecule has 1 saturated heterocycles. The summed E-state index contributed by atoms with van der Waals surface area (Å²) in [6.07, 6.45) is 7.59. The second kappa shape index (κ2) is 7.44. The number of hydrogen-bond acceptors (Lipinski definition) is 6. The fraction of sp³-hybridized carbons (Fsp3) is 0.391. The molecule has 2 atom stereocenters. The predicted octanol–water partition coefficient (Wildman–Crippen LogP) is 5.04. The van der Waals surface area contributed by atoms with Crippen LogP contribution in [0.5, 0.6) is 0 Å². The molecule has 2 fully saturated rings. The van der Waals surface area contributed by atoms with Gasteiger partial charge in [-0.2, -0.15) is 10.1 Å². The Morgan fingerprint density at radius 3 is 2.78 bits per heavy atom. The van der Waals surface area contributed by atoms with Crippen molar-refractivity contribution in [3.8, 4) is 11.3 Å². The van der Waals surface area contributed by atoms with Crippen molar-refractivity contribution >= 4 is 11.2 Å². The molecule has 0 spiro atoms. The summed E-state index contributed by atoms with van der Waals surface area (Å²) in [6, 6.07) is 3.93. The van der Waals surface area contributed by atoms with Gasteiger partial charge >= 0.3 is 0 Å². The van der Waals surface area contributed by atoms with Crippen molar-refractivity contribution in [3.63, 3.8) is 0 Å². The van der Waals surface area contributed by atoms with Crippen LogP contribution in [0.1, 0.15) is 61.0 Å². The number of aryl methyl sites for hydroxylation is 1. The molecule has 4 heterocycles. The average Bonchev–Trinajstić information content (AvgIpc) is 3.38. The number of aromatic nitrogens is 5. The van der Waals surface area contributed by atoms with Crippen LogP contribution in [0, 0.1) is 18.6 Å². The maximum absolute atomic E-state index is 14.6. The van der Waals surface area contributed by atoms with Gasteiger partial charge in [-0.05, 0) is 37.8 Å². The van der Waals surface area contributed by atoms with E-state index in [0.717, 1.165) is 18.1 Å². The van der Waals surface area contributed by atoms with Gasteiger partial charge in [0.15, 0.2) is 11.5 Å². The zero-order chi connectivity index (χ0) is 21.8. The van der Waals surface area contributed by atoms with E-state index in [1.165, 1.54) is 25.0 Å². The van der Waals surface area contributed by atoms with E-state index in [-0.39, 0.29) is 23.3 Å². The maximum atomic E-state index is 14.6. The highest BCUT2D eigenvalue weighted by Crippen LogP contribution is 2.40. The lowest BCUT2D eigenvalue weighted by Crippen LogP contribution is -2.20. The zero-order valence-electron chi connectivity index (χ0n) is 17.5. The van der Waals surface area contributed by atoms with Crippen molar-refractivity contribution in [2.75, 3.05) is 6.61 Å². The first-order valence-corrected chi connectivity index (χ1v) is 10.8. The third-order valence-electron chi connectivity index (χ3n) is 6.13. The molecule has 3 aromatic heterocycles. The van der Waals surface area contributed by atoms with Crippen LogP contribution in [0.25, 0.3) is 22.5 Å². The molecule has 7 nitrogen and oxygen atoms in total. The van der Waals surface area contributed by atoms with Gasteiger partial charge in [0.1, 0.15) is 23.2 Å². The summed E-state index contributed by atoms with van der Waals surface area (Å²) in [7, 11) is 0. The van der Waals surface area contributed by atoms with E-state index in [1.807, 2.05) is 10.9 Å². The van der Waals surface area contributed by atoms with Gasteiger partial charge < -0.3 is 9.15 Å². The Kier molecular flexibility index (Phi) is 4.53. The van der Waals surface area contributed by atoms with Crippen molar-refractivity contribution in [2.24, 2.45) is 0 Å². The van der Waals surface area contributed by atoms with Gasteiger partial charge in [-0.3, -0.25) is 4.68 Å². The van der Waals surface area contributed by atoms with E-state index in [4.69, 9.17) is 9.15 Å². The Labute approximate surface area is 182 Å². The molecule has 4 aromatic rings. The molecule has 1 saturated carbocycles. The first-order chi connectivity index (χ1) is 15.5. The fourth-order valence-electron chi connectivity index (χ4n) is 4.31. The van der Waals surface area contributed by atoms with Gasteiger partial charge in [-0.25, -0.2) is 18.7 Å². The topological polar surface area (TPSA) is 78.9 Å². The molecular formula is C23H21F2N5O2. The Morgan fingerprint density at radius 1 is 1.09 bits per heavy atom. The van der Waals surface area contributed by atoms with Crippen LogP contribution in [0.4, 0.5) is 8.78 Å². The van der Waals surface area contributed by atoms with Crippen molar-refractivity contribution < 1.29 is 17.9 Å². The van der Waals surface area contributed by atoms with Crippen molar-refractivity contribution in [1.29, 1.82) is 0 Å². The lowest BCUT2D eigenvalue weighted by Gasteiger charge is -2.28. The Balaban J connectivity index is 1.37. The molecule has 164 valence electrons. The number of halogens is 2. The molecule has 2 aliphatic rings. The molecule has 0 N–H and O–H groups in total. The Morgan fingerprint density at radius 2 is 1.97 bits per heavy atom. The first-order valence-electron chi connectivity index (χ1n) is 10.8. The number of rotatable bonds is 4. The summed E-state index contributed by atoms with van der Waals surface area (Å²) in [5, 5.41) is 4.48. The molecule has 32 heavy (non-hydrogen) atoms. The molecule has 1 aromatic carbocycles. The third kappa shape index (κ3) is 3.46. The lowest BCUT2D eigenvalue weighted by molar-refractivity contribution is 0.00396. The van der Waals surface area contributed by atoms with E-state index < -0.39 is 11.6 Å². The second-order valence-corrected chi connectivity index (χ2v) is 8.51. The molecule has 0 radical (unpaired) electrons. The minimum atomic E-state index is -0.706. The number of hydrogen-bond donors (Lipinski definition) is 0. The highest BCUT2D eigenvalue weighted by molar-refractivity contribution is 5.85. The summed E-state index contributed by atoms with van der Waals surface area (Å²) < 4.78 is 41.8. The van der Waals surface area contributed by atoms with E-state index >= 15 is 0 Å². The van der Waals surface area contributed by atoms with Gasteiger partial charge in [-0.1, -0.05) is 0 Å². The summed E-state index contributed by atoms with van der Waals surface area (Å²) in [4.78, 5) is 13.7. The van der Waals surface area contributed by atoms with E-state index in [9.17, 15) is 8.78 Å². The highest BCUT2D eigenvalue weighted by atomic mass is 19.1. The van der Waals surface area contributed by atoms with Gasteiger partial charge in [0.05, 0.1) is 18.3 Å². The number of benzene rings is 1. The van der Waals surface area contributed by atoms with Crippen LogP contribution in [0.15, 0.2) is 35.0 Å². The number of nitrogens with zero attached hydrogens (tertiary/aromatic N) is 5. The fourth-order valence-corrected chi connectivity index (χ4v) is 4.31. The normalized spacial score (nSPS) is 21.3. The second-order valence-electron chi connectivity index (χ2n) is 8.51. The van der Waals surface area contributed by atoms with Crippen LogP contribution >= 0.6 is 0 Å². The van der Waals surface area contributed by atoms with Gasteiger partial charge in [0, 0.05) is 42.8 Å². The molecule has 0 bridgehead atoms. The first kappa shape index (κ1) is 19.5. The predicted molar refractivity (Wildman–Crippen MR) is 111 cm³/mol. The minimum Gasteiger partial charge on any atom is -0.437 e. The molecule has 9 heteroatoms. The van der Waals surface area contributed by atoms with Crippen molar-refractivity contribution in [2.45, 2.75) is 50.7 Å². The van der Waals surface area contributed by atoms with Crippen LogP contribution < -0.4 is 0 Å². The zero-order valence-corrected chi connectivity index (χ0v) is 17.5. The summed E-state index contributed by atoms with van der Waals surface area (Å²) in [5.74, 6) is -0.381. The standard InChI is InChI=1S/C23H21F2N5O2/c1-12-27-23-21(32-12)20(17-5-2-15(24)9-18(17)25)28-22(29-23)13-6-7-31-19(8-13)14-10-26-30(11-14)16-3-4-16/h2,5,9-11,13,16,19H,3-4,6-8H2,1H3/t13?,19-/m1/s1. The lowest BCUT2D eigenvalue weighted by atomic mass is 9.92. The van der Waals surface area contributed by atoms with E-state index in [0.29, 0.717) is 42.0 Å². The summed E-state index contributed by atoms with van der Waals surface area (Å²) >= 11 is 0. The molecule has 1 aliphatic heterocycles. The average molecular weight is 437 g/mol. The Hall–Kier alpha value is -3.20. The maximum Gasteiger partial charge on any atom is 0.202 e. The summed E-state index contributed by atoms with van der Waals surface area (Å²) in [6.45, 7) is 2.26. The van der Waals surface area contributed by atoms with E-state index in [1.54, 1.807) is 6.92 Å². The van der Waals surface area contributed by atoms with E-state index in [2.05, 4.69) is 26.2 Å².